The van der Waals surface area contributed by atoms with E-state index in [2.05, 4.69) is 31.7 Å². The predicted molar refractivity (Wildman–Crippen MR) is 219 cm³/mol. The summed E-state index contributed by atoms with van der Waals surface area (Å²) in [5.74, 6) is 1.64. The van der Waals surface area contributed by atoms with Crippen molar-refractivity contribution in [3.63, 3.8) is 0 Å². The van der Waals surface area contributed by atoms with Crippen LogP contribution in [-0.2, 0) is 32.0 Å². The van der Waals surface area contributed by atoms with Crippen LogP contribution in [0.15, 0.2) is 96.7 Å². The third kappa shape index (κ3) is 13.8. The molecule has 1 heterocycles. The Hall–Kier alpha value is -5.62. The SMILES string of the molecule is CC(C)C/C(=C\[C@@H](O)CNC(=O)[C@H](Cc1ccccc1)NC(=O)c1ccc(F)cc1)C(=O)N[C@@H](CCCNC(N)N)C(=O)C(=O)[C@H](Cc1c[nH]c2ccccc12)NN. The Morgan fingerprint density at radius 2 is 1.52 bits per heavy atom. The lowest BCUT2D eigenvalue weighted by Gasteiger charge is -2.22. The molecule has 0 aliphatic carbocycles. The number of hydrazine groups is 1. The Morgan fingerprint density at radius 3 is 2.19 bits per heavy atom. The molecule has 0 spiro atoms. The molecule has 0 radical (unpaired) electrons. The molecule has 0 saturated heterocycles. The normalized spacial score (nSPS) is 13.8. The minimum Gasteiger partial charge on any atom is -0.387 e. The Balaban J connectivity index is 1.48. The van der Waals surface area contributed by atoms with Gasteiger partial charge in [0, 0.05) is 41.2 Å². The molecule has 13 N–H and O–H groups in total. The van der Waals surface area contributed by atoms with Crippen LogP contribution < -0.4 is 44.0 Å². The van der Waals surface area contributed by atoms with Crippen molar-refractivity contribution in [3.8, 4) is 0 Å². The zero-order valence-electron chi connectivity index (χ0n) is 32.7. The number of H-pyrrole nitrogens is 1. The molecule has 4 rings (SSSR count). The van der Waals surface area contributed by atoms with Crippen LogP contribution >= 0.6 is 0 Å². The first kappa shape index (κ1) is 45.1. The lowest BCUT2D eigenvalue weighted by molar-refractivity contribution is -0.139. The first-order chi connectivity index (χ1) is 27.7. The quantitative estimate of drug-likeness (QED) is 0.0128. The van der Waals surface area contributed by atoms with Gasteiger partial charge in [-0.2, -0.15) is 0 Å². The topological polar surface area (TPSA) is 260 Å². The summed E-state index contributed by atoms with van der Waals surface area (Å²) in [6.07, 6.45) is 1.65. The molecule has 3 aromatic carbocycles. The van der Waals surface area contributed by atoms with Crippen molar-refractivity contribution in [1.29, 1.82) is 0 Å². The molecule has 0 aliphatic rings. The molecule has 4 atom stereocenters. The number of aromatic amines is 1. The van der Waals surface area contributed by atoms with Crippen LogP contribution in [-0.4, -0.2) is 83.0 Å². The van der Waals surface area contributed by atoms with E-state index in [1.54, 1.807) is 30.5 Å². The highest BCUT2D eigenvalue weighted by Crippen LogP contribution is 2.20. The van der Waals surface area contributed by atoms with Crippen molar-refractivity contribution >= 4 is 40.2 Å². The van der Waals surface area contributed by atoms with E-state index in [0.29, 0.717) is 13.0 Å². The van der Waals surface area contributed by atoms with Gasteiger partial charge in [0.25, 0.3) is 5.91 Å². The van der Waals surface area contributed by atoms with Crippen LogP contribution in [0.5, 0.6) is 0 Å². The molecule has 58 heavy (non-hydrogen) atoms. The van der Waals surface area contributed by atoms with Crippen molar-refractivity contribution in [2.24, 2.45) is 23.2 Å². The van der Waals surface area contributed by atoms with Crippen LogP contribution in [0.2, 0.25) is 0 Å². The van der Waals surface area contributed by atoms with Crippen molar-refractivity contribution in [3.05, 3.63) is 119 Å². The van der Waals surface area contributed by atoms with Gasteiger partial charge in [0.2, 0.25) is 23.4 Å². The number of benzene rings is 3. The fourth-order valence-corrected chi connectivity index (χ4v) is 6.38. The standard InChI is InChI=1S/C42H54FN9O6/c1-25(2)19-28(21-31(53)24-49-41(58)36(20-26-9-4-3-5-10-26)51-39(56)27-14-16-30(43)17-15-27)40(57)50-34(13-8-18-47-42(44)45)37(54)38(55)35(52-46)22-29-23-48-33-12-7-6-11-32(29)33/h3-7,9-12,14-17,21,23,25,31,34-36,42,47-48,52-53H,8,13,18-20,22,24,44-46H2,1-2H3,(H,49,58)(H,50,57)(H,51,56)/b28-21+/t31-,34+,35+,36+/m1/s1. The predicted octanol–water partition coefficient (Wildman–Crippen LogP) is 1.37. The molecule has 0 bridgehead atoms. The second-order valence-electron chi connectivity index (χ2n) is 14.5. The Bertz CT molecular complexity index is 2020. The van der Waals surface area contributed by atoms with Gasteiger partial charge in [-0.3, -0.25) is 35.1 Å². The van der Waals surface area contributed by atoms with Crippen LogP contribution in [0.25, 0.3) is 10.9 Å². The minimum absolute atomic E-state index is 0.0560. The number of carbonyl (C=O) groups excluding carboxylic acids is 5. The number of amides is 3. The molecular formula is C42H54FN9O6. The van der Waals surface area contributed by atoms with Gasteiger partial charge in [0.05, 0.1) is 18.2 Å². The summed E-state index contributed by atoms with van der Waals surface area (Å²) in [6.45, 7) is 3.70. The van der Waals surface area contributed by atoms with Crippen molar-refractivity contribution < 1.29 is 33.5 Å². The van der Waals surface area contributed by atoms with Gasteiger partial charge < -0.3 is 37.5 Å². The number of halogens is 1. The van der Waals surface area contributed by atoms with E-state index in [0.717, 1.165) is 34.2 Å². The van der Waals surface area contributed by atoms with E-state index in [1.807, 2.05) is 44.2 Å². The van der Waals surface area contributed by atoms with Gasteiger partial charge in [-0.25, -0.2) is 9.82 Å². The number of hydrogen-bond acceptors (Lipinski definition) is 11. The van der Waals surface area contributed by atoms with Crippen LogP contribution in [0.1, 0.15) is 54.6 Å². The summed E-state index contributed by atoms with van der Waals surface area (Å²) in [4.78, 5) is 70.9. The fourth-order valence-electron chi connectivity index (χ4n) is 6.38. The molecule has 3 amide bonds. The Kier molecular flexibility index (Phi) is 17.4. The third-order valence-corrected chi connectivity index (χ3v) is 9.34. The van der Waals surface area contributed by atoms with Crippen molar-refractivity contribution in [1.82, 2.24) is 31.7 Å². The highest BCUT2D eigenvalue weighted by molar-refractivity contribution is 6.41. The average Bonchev–Trinajstić information content (AvgIpc) is 3.61. The maximum atomic E-state index is 13.8. The second-order valence-corrected chi connectivity index (χ2v) is 14.5. The van der Waals surface area contributed by atoms with Gasteiger partial charge in [0.1, 0.15) is 18.1 Å². The largest absolute Gasteiger partial charge is 0.387 e. The summed E-state index contributed by atoms with van der Waals surface area (Å²) in [5.41, 5.74) is 16.3. The third-order valence-electron chi connectivity index (χ3n) is 9.34. The van der Waals surface area contributed by atoms with E-state index in [4.69, 9.17) is 17.3 Å². The van der Waals surface area contributed by atoms with Gasteiger partial charge in [-0.15, -0.1) is 0 Å². The van der Waals surface area contributed by atoms with E-state index in [1.165, 1.54) is 18.2 Å². The lowest BCUT2D eigenvalue weighted by atomic mass is 9.94. The van der Waals surface area contributed by atoms with Gasteiger partial charge in [-0.05, 0) is 85.7 Å². The number of fused-ring (bicyclic) bond motifs is 1. The maximum Gasteiger partial charge on any atom is 0.251 e. The summed E-state index contributed by atoms with van der Waals surface area (Å²) in [5, 5.41) is 22.8. The number of Topliss-reactive ketones (excluding diaryl/α,β-unsaturated/α-hetero) is 2. The molecule has 0 saturated carbocycles. The number of aliphatic hydroxyl groups is 1. The maximum absolute atomic E-state index is 13.8. The minimum atomic E-state index is -1.36. The molecule has 15 nitrogen and oxygen atoms in total. The number of nitrogens with one attached hydrogen (secondary N) is 6. The number of nitrogens with two attached hydrogens (primary N) is 3. The van der Waals surface area contributed by atoms with Crippen molar-refractivity contribution in [2.45, 2.75) is 76.5 Å². The summed E-state index contributed by atoms with van der Waals surface area (Å²) in [7, 11) is 0. The molecule has 16 heteroatoms. The van der Waals surface area contributed by atoms with Crippen molar-refractivity contribution in [2.75, 3.05) is 13.1 Å². The molecule has 1 aromatic heterocycles. The monoisotopic (exact) mass is 799 g/mol. The summed E-state index contributed by atoms with van der Waals surface area (Å²) < 4.78 is 13.5. The molecular weight excluding hydrogens is 746 g/mol. The Morgan fingerprint density at radius 1 is 0.845 bits per heavy atom. The highest BCUT2D eigenvalue weighted by Gasteiger charge is 2.33. The smallest absolute Gasteiger partial charge is 0.251 e. The zero-order valence-corrected chi connectivity index (χ0v) is 32.7. The van der Waals surface area contributed by atoms with Gasteiger partial charge in [0.15, 0.2) is 0 Å². The molecule has 0 aliphatic heterocycles. The lowest BCUT2D eigenvalue weighted by Crippen LogP contribution is -2.52. The van der Waals surface area contributed by atoms with Gasteiger partial charge in [-0.1, -0.05) is 62.4 Å². The van der Waals surface area contributed by atoms with Crippen LogP contribution in [0.4, 0.5) is 4.39 Å². The number of rotatable bonds is 23. The number of aliphatic hydroxyl groups excluding tert-OH is 1. The van der Waals surface area contributed by atoms with Crippen LogP contribution in [0.3, 0.4) is 0 Å². The number of ketones is 2. The first-order valence-corrected chi connectivity index (χ1v) is 19.2. The van der Waals surface area contributed by atoms with E-state index >= 15 is 0 Å². The first-order valence-electron chi connectivity index (χ1n) is 19.2. The molecule has 0 fully saturated rings. The van der Waals surface area contributed by atoms with E-state index in [-0.39, 0.29) is 49.3 Å². The molecule has 310 valence electrons. The summed E-state index contributed by atoms with van der Waals surface area (Å²) in [6, 6.07) is 18.0. The number of carbonyl (C=O) groups is 5. The van der Waals surface area contributed by atoms with E-state index in [9.17, 15) is 33.5 Å². The number of aromatic nitrogens is 1. The second kappa shape index (κ2) is 22.4. The molecule has 4 aromatic rings. The summed E-state index contributed by atoms with van der Waals surface area (Å²) >= 11 is 0. The highest BCUT2D eigenvalue weighted by atomic mass is 19.1. The fraction of sp³-hybridized carbons (Fsp3) is 0.357. The average molecular weight is 800 g/mol. The number of para-hydroxylation sites is 1. The van der Waals surface area contributed by atoms with E-state index < -0.39 is 65.6 Å². The molecule has 0 unspecified atom stereocenters. The zero-order chi connectivity index (χ0) is 42.2. The Labute approximate surface area is 336 Å². The van der Waals surface area contributed by atoms with Crippen LogP contribution in [0, 0.1) is 11.7 Å². The van der Waals surface area contributed by atoms with Gasteiger partial charge >= 0.3 is 0 Å². The number of hydrogen-bond donors (Lipinski definition) is 10.